The summed E-state index contributed by atoms with van der Waals surface area (Å²) in [5.41, 5.74) is 0.873. The summed E-state index contributed by atoms with van der Waals surface area (Å²) in [6, 6.07) is 8.41. The molecule has 1 aromatic rings. The Hall–Kier alpha value is -0.610. The minimum absolute atomic E-state index is 0.225. The molecule has 0 saturated carbocycles. The number of carbonyl (C=O) groups is 1. The van der Waals surface area contributed by atoms with Gasteiger partial charge >= 0.3 is 0 Å². The molecular formula is C13H15NOS2. The molecule has 2 saturated heterocycles. The average Bonchev–Trinajstić information content (AvgIpc) is 3.00. The van der Waals surface area contributed by atoms with Crippen molar-refractivity contribution >= 4 is 29.4 Å². The van der Waals surface area contributed by atoms with Crippen molar-refractivity contribution in [3.05, 3.63) is 29.8 Å². The molecule has 2 bridgehead atoms. The second-order valence-corrected chi connectivity index (χ2v) is 6.68. The van der Waals surface area contributed by atoms with Crippen LogP contribution in [0.25, 0.3) is 0 Å². The minimum Gasteiger partial charge on any atom is -0.334 e. The van der Waals surface area contributed by atoms with Crippen molar-refractivity contribution in [1.29, 1.82) is 0 Å². The third-order valence-corrected chi connectivity index (χ3v) is 5.68. The first-order valence-electron chi connectivity index (χ1n) is 5.85. The Bertz CT molecular complexity index is 449. The first kappa shape index (κ1) is 11.5. The molecule has 2 fully saturated rings. The number of benzene rings is 1. The summed E-state index contributed by atoms with van der Waals surface area (Å²) in [7, 11) is 0. The molecule has 0 aromatic heterocycles. The zero-order chi connectivity index (χ0) is 11.8. The number of carbonyl (C=O) groups excluding carboxylic acids is 1. The lowest BCUT2D eigenvalue weighted by Crippen LogP contribution is -2.39. The highest BCUT2D eigenvalue weighted by Crippen LogP contribution is 2.38. The summed E-state index contributed by atoms with van der Waals surface area (Å²) >= 11 is 3.67. The highest BCUT2D eigenvalue weighted by atomic mass is 32.2. The Morgan fingerprint density at radius 3 is 2.94 bits per heavy atom. The number of fused-ring (bicyclic) bond motifs is 2. The van der Waals surface area contributed by atoms with Crippen LogP contribution in [-0.2, 0) is 0 Å². The molecule has 2 aliphatic heterocycles. The van der Waals surface area contributed by atoms with Crippen molar-refractivity contribution in [2.75, 3.05) is 18.6 Å². The van der Waals surface area contributed by atoms with Gasteiger partial charge in [0, 0.05) is 28.5 Å². The summed E-state index contributed by atoms with van der Waals surface area (Å²) in [6.45, 7) is 0.941. The lowest BCUT2D eigenvalue weighted by atomic mass is 10.2. The number of hydrogen-bond acceptors (Lipinski definition) is 3. The van der Waals surface area contributed by atoms with Gasteiger partial charge in [-0.05, 0) is 24.8 Å². The fraction of sp³-hybridized carbons (Fsp3) is 0.462. The van der Waals surface area contributed by atoms with E-state index in [4.69, 9.17) is 0 Å². The summed E-state index contributed by atoms with van der Waals surface area (Å²) < 4.78 is 0. The van der Waals surface area contributed by atoms with E-state index in [9.17, 15) is 4.79 Å². The van der Waals surface area contributed by atoms with Crippen LogP contribution in [0.3, 0.4) is 0 Å². The number of amides is 1. The molecule has 2 aliphatic rings. The predicted molar refractivity (Wildman–Crippen MR) is 73.9 cm³/mol. The van der Waals surface area contributed by atoms with Crippen LogP contribution in [0.1, 0.15) is 16.8 Å². The first-order valence-corrected chi connectivity index (χ1v) is 8.12. The van der Waals surface area contributed by atoms with E-state index in [1.165, 1.54) is 6.42 Å². The minimum atomic E-state index is 0.225. The Morgan fingerprint density at radius 1 is 1.47 bits per heavy atom. The van der Waals surface area contributed by atoms with Crippen LogP contribution >= 0.6 is 23.5 Å². The van der Waals surface area contributed by atoms with Gasteiger partial charge in [-0.1, -0.05) is 12.1 Å². The van der Waals surface area contributed by atoms with E-state index in [-0.39, 0.29) is 5.91 Å². The topological polar surface area (TPSA) is 20.3 Å². The van der Waals surface area contributed by atoms with Gasteiger partial charge in [0.1, 0.15) is 0 Å². The highest BCUT2D eigenvalue weighted by molar-refractivity contribution is 8.00. The monoisotopic (exact) mass is 265 g/mol. The van der Waals surface area contributed by atoms with E-state index in [2.05, 4.69) is 4.90 Å². The molecule has 0 N–H and O–H groups in total. The number of nitrogens with zero attached hydrogens (tertiary/aromatic N) is 1. The van der Waals surface area contributed by atoms with Gasteiger partial charge in [-0.15, -0.1) is 11.8 Å². The lowest BCUT2D eigenvalue weighted by molar-refractivity contribution is 0.0744. The van der Waals surface area contributed by atoms with Crippen molar-refractivity contribution in [2.45, 2.75) is 22.6 Å². The van der Waals surface area contributed by atoms with Crippen molar-refractivity contribution in [3.8, 4) is 0 Å². The molecule has 2 atom stereocenters. The Balaban J connectivity index is 1.86. The van der Waals surface area contributed by atoms with Gasteiger partial charge in [-0.25, -0.2) is 0 Å². The number of rotatable bonds is 2. The summed E-state index contributed by atoms with van der Waals surface area (Å²) in [4.78, 5) is 15.7. The predicted octanol–water partition coefficient (Wildman–Crippen LogP) is 2.74. The number of thioether (sulfide) groups is 2. The lowest BCUT2D eigenvalue weighted by Gasteiger charge is -2.27. The molecule has 2 heterocycles. The van der Waals surface area contributed by atoms with E-state index in [0.717, 1.165) is 22.8 Å². The van der Waals surface area contributed by atoms with Gasteiger partial charge < -0.3 is 4.90 Å². The molecule has 1 amide bonds. The van der Waals surface area contributed by atoms with Gasteiger partial charge in [0.25, 0.3) is 5.91 Å². The van der Waals surface area contributed by atoms with Crippen LogP contribution in [0.15, 0.2) is 29.2 Å². The smallest absolute Gasteiger partial charge is 0.255 e. The normalized spacial score (nSPS) is 26.5. The Labute approximate surface area is 110 Å². The number of likely N-dealkylation sites (tertiary alicyclic amines) is 1. The van der Waals surface area contributed by atoms with Crippen LogP contribution < -0.4 is 0 Å². The van der Waals surface area contributed by atoms with Gasteiger partial charge in [0.2, 0.25) is 0 Å². The van der Waals surface area contributed by atoms with Crippen molar-refractivity contribution in [1.82, 2.24) is 4.90 Å². The highest BCUT2D eigenvalue weighted by Gasteiger charge is 2.41. The molecule has 2 nitrogen and oxygen atoms in total. The fourth-order valence-electron chi connectivity index (χ4n) is 2.62. The zero-order valence-corrected chi connectivity index (χ0v) is 11.4. The second-order valence-electron chi connectivity index (χ2n) is 4.50. The van der Waals surface area contributed by atoms with E-state index in [0.29, 0.717) is 11.3 Å². The molecule has 17 heavy (non-hydrogen) atoms. The largest absolute Gasteiger partial charge is 0.334 e. The molecule has 1 aromatic carbocycles. The van der Waals surface area contributed by atoms with E-state index in [1.807, 2.05) is 42.3 Å². The SMILES string of the molecule is CSc1ccccc1C(=O)N1CC2CC1CS2. The van der Waals surface area contributed by atoms with Gasteiger partial charge in [-0.3, -0.25) is 4.79 Å². The molecule has 90 valence electrons. The quantitative estimate of drug-likeness (QED) is 0.767. The second kappa shape index (κ2) is 4.58. The maximum atomic E-state index is 12.5. The van der Waals surface area contributed by atoms with Crippen LogP contribution in [0.4, 0.5) is 0 Å². The first-order chi connectivity index (χ1) is 8.29. The van der Waals surface area contributed by atoms with E-state index < -0.39 is 0 Å². The fourth-order valence-corrected chi connectivity index (χ4v) is 4.65. The molecule has 2 unspecified atom stereocenters. The molecule has 4 heteroatoms. The Morgan fingerprint density at radius 2 is 2.29 bits per heavy atom. The van der Waals surface area contributed by atoms with E-state index in [1.54, 1.807) is 11.8 Å². The van der Waals surface area contributed by atoms with E-state index >= 15 is 0 Å². The molecule has 3 rings (SSSR count). The molecule has 0 aliphatic carbocycles. The van der Waals surface area contributed by atoms with Gasteiger partial charge in [0.15, 0.2) is 0 Å². The third-order valence-electron chi connectivity index (χ3n) is 3.50. The molecule has 0 radical (unpaired) electrons. The summed E-state index contributed by atoms with van der Waals surface area (Å²) in [5, 5.41) is 0.686. The Kier molecular flexibility index (Phi) is 3.09. The molecule has 0 spiro atoms. The standard InChI is InChI=1S/C13H15NOS2/c1-16-12-5-3-2-4-11(12)13(15)14-7-10-6-9(14)8-17-10/h2-5,9-10H,6-8H2,1H3. The summed E-state index contributed by atoms with van der Waals surface area (Å²) in [6.07, 6.45) is 3.22. The number of hydrogen-bond donors (Lipinski definition) is 0. The summed E-state index contributed by atoms with van der Waals surface area (Å²) in [5.74, 6) is 1.35. The van der Waals surface area contributed by atoms with Gasteiger partial charge in [0.05, 0.1) is 5.56 Å². The maximum Gasteiger partial charge on any atom is 0.255 e. The third kappa shape index (κ3) is 1.97. The van der Waals surface area contributed by atoms with Crippen LogP contribution in [0, 0.1) is 0 Å². The molecular weight excluding hydrogens is 250 g/mol. The zero-order valence-electron chi connectivity index (χ0n) is 9.76. The van der Waals surface area contributed by atoms with Crippen molar-refractivity contribution < 1.29 is 4.79 Å². The maximum absolute atomic E-state index is 12.5. The van der Waals surface area contributed by atoms with Gasteiger partial charge in [-0.2, -0.15) is 11.8 Å². The van der Waals surface area contributed by atoms with Crippen molar-refractivity contribution in [3.63, 3.8) is 0 Å². The van der Waals surface area contributed by atoms with Crippen LogP contribution in [0.2, 0.25) is 0 Å². The van der Waals surface area contributed by atoms with Crippen LogP contribution in [0.5, 0.6) is 0 Å². The average molecular weight is 265 g/mol. The van der Waals surface area contributed by atoms with Crippen molar-refractivity contribution in [2.24, 2.45) is 0 Å². The van der Waals surface area contributed by atoms with Crippen LogP contribution in [-0.4, -0.2) is 40.7 Å².